The lowest BCUT2D eigenvalue weighted by Crippen LogP contribution is -2.00. The number of nitrogens with one attached hydrogen (secondary N) is 1. The quantitative estimate of drug-likeness (QED) is 0.900. The fourth-order valence-electron chi connectivity index (χ4n) is 1.49. The molecule has 0 aliphatic heterocycles. The highest BCUT2D eigenvalue weighted by Crippen LogP contribution is 2.24. The summed E-state index contributed by atoms with van der Waals surface area (Å²) < 4.78 is 13.9. The Morgan fingerprint density at radius 1 is 1.18 bits per heavy atom. The van der Waals surface area contributed by atoms with E-state index in [4.69, 9.17) is 0 Å². The molecule has 0 saturated carbocycles. The van der Waals surface area contributed by atoms with Crippen LogP contribution < -0.4 is 5.32 Å². The number of hydrogen-bond donors (Lipinski definition) is 2. The topological polar surface area (TPSA) is 32.3 Å². The van der Waals surface area contributed by atoms with Crippen LogP contribution >= 0.6 is 15.9 Å². The minimum Gasteiger partial charge on any atom is -0.508 e. The van der Waals surface area contributed by atoms with Crippen molar-refractivity contribution < 1.29 is 9.50 Å². The third-order valence-corrected chi connectivity index (χ3v) is 3.08. The molecule has 0 spiro atoms. The molecular weight excluding hydrogens is 285 g/mol. The molecule has 0 aliphatic carbocycles. The Kier molecular flexibility index (Phi) is 3.64. The normalized spacial score (nSPS) is 10.2. The van der Waals surface area contributed by atoms with Gasteiger partial charge in [-0.25, -0.2) is 4.39 Å². The SMILES string of the molecule is Oc1ccc(F)cc1CNc1ccccc1Br. The molecule has 2 N–H and O–H groups in total. The highest BCUT2D eigenvalue weighted by atomic mass is 79.9. The van der Waals surface area contributed by atoms with Gasteiger partial charge < -0.3 is 10.4 Å². The summed E-state index contributed by atoms with van der Waals surface area (Å²) in [5, 5.41) is 12.7. The van der Waals surface area contributed by atoms with Crippen LogP contribution in [0.15, 0.2) is 46.9 Å². The molecule has 2 aromatic carbocycles. The van der Waals surface area contributed by atoms with E-state index >= 15 is 0 Å². The Labute approximate surface area is 107 Å². The van der Waals surface area contributed by atoms with Gasteiger partial charge in [0.15, 0.2) is 0 Å². The summed E-state index contributed by atoms with van der Waals surface area (Å²) in [6.07, 6.45) is 0. The molecule has 2 nitrogen and oxygen atoms in total. The summed E-state index contributed by atoms with van der Waals surface area (Å²) >= 11 is 3.40. The van der Waals surface area contributed by atoms with Crippen molar-refractivity contribution in [2.45, 2.75) is 6.54 Å². The Hall–Kier alpha value is -1.55. The maximum atomic E-state index is 13.0. The fraction of sp³-hybridized carbons (Fsp3) is 0.0769. The van der Waals surface area contributed by atoms with Gasteiger partial charge in [-0.15, -0.1) is 0 Å². The second-order valence-electron chi connectivity index (χ2n) is 3.61. The molecule has 17 heavy (non-hydrogen) atoms. The molecule has 0 fully saturated rings. The smallest absolute Gasteiger partial charge is 0.123 e. The fourth-order valence-corrected chi connectivity index (χ4v) is 1.92. The summed E-state index contributed by atoms with van der Waals surface area (Å²) in [6, 6.07) is 11.5. The predicted octanol–water partition coefficient (Wildman–Crippen LogP) is 3.91. The van der Waals surface area contributed by atoms with Crippen LogP contribution in [0.5, 0.6) is 5.75 Å². The highest BCUT2D eigenvalue weighted by Gasteiger charge is 2.04. The van der Waals surface area contributed by atoms with E-state index in [0.29, 0.717) is 12.1 Å². The van der Waals surface area contributed by atoms with Crippen molar-refractivity contribution in [3.8, 4) is 5.75 Å². The number of rotatable bonds is 3. The lowest BCUT2D eigenvalue weighted by atomic mass is 10.2. The number of para-hydroxylation sites is 1. The minimum absolute atomic E-state index is 0.0888. The minimum atomic E-state index is -0.355. The maximum Gasteiger partial charge on any atom is 0.123 e. The summed E-state index contributed by atoms with van der Waals surface area (Å²) in [5.41, 5.74) is 1.43. The molecule has 0 aliphatic rings. The van der Waals surface area contributed by atoms with Gasteiger partial charge in [-0.05, 0) is 46.3 Å². The van der Waals surface area contributed by atoms with E-state index in [0.717, 1.165) is 10.2 Å². The standard InChI is InChI=1S/C13H11BrFNO/c14-11-3-1-2-4-12(11)16-8-9-7-10(15)5-6-13(9)17/h1-7,16-17H,8H2. The maximum absolute atomic E-state index is 13.0. The van der Waals surface area contributed by atoms with E-state index < -0.39 is 0 Å². The third-order valence-electron chi connectivity index (χ3n) is 2.38. The zero-order valence-corrected chi connectivity index (χ0v) is 10.5. The van der Waals surface area contributed by atoms with Gasteiger partial charge in [0.25, 0.3) is 0 Å². The van der Waals surface area contributed by atoms with Crippen LogP contribution in [0.3, 0.4) is 0 Å². The second-order valence-corrected chi connectivity index (χ2v) is 4.46. The first kappa shape index (κ1) is 11.9. The van der Waals surface area contributed by atoms with E-state index in [2.05, 4.69) is 21.2 Å². The van der Waals surface area contributed by atoms with Gasteiger partial charge in [-0.2, -0.15) is 0 Å². The van der Waals surface area contributed by atoms with Gasteiger partial charge in [0.05, 0.1) is 0 Å². The van der Waals surface area contributed by atoms with Gasteiger partial charge in [-0.1, -0.05) is 12.1 Å². The zero-order valence-electron chi connectivity index (χ0n) is 8.95. The molecule has 88 valence electrons. The van der Waals surface area contributed by atoms with Crippen LogP contribution in [-0.4, -0.2) is 5.11 Å². The predicted molar refractivity (Wildman–Crippen MR) is 69.5 cm³/mol. The first-order valence-electron chi connectivity index (χ1n) is 5.12. The molecule has 0 amide bonds. The lowest BCUT2D eigenvalue weighted by Gasteiger charge is -2.09. The molecule has 0 unspecified atom stereocenters. The molecule has 0 saturated heterocycles. The van der Waals surface area contributed by atoms with Gasteiger partial charge in [0, 0.05) is 22.3 Å². The van der Waals surface area contributed by atoms with Crippen LogP contribution in [0, 0.1) is 5.82 Å². The molecule has 2 rings (SSSR count). The van der Waals surface area contributed by atoms with E-state index in [-0.39, 0.29) is 11.6 Å². The number of anilines is 1. The largest absolute Gasteiger partial charge is 0.508 e. The van der Waals surface area contributed by atoms with Crippen LogP contribution in [0.4, 0.5) is 10.1 Å². The average molecular weight is 296 g/mol. The Morgan fingerprint density at radius 3 is 2.71 bits per heavy atom. The van der Waals surface area contributed by atoms with Crippen LogP contribution in [0.25, 0.3) is 0 Å². The van der Waals surface area contributed by atoms with Crippen molar-refractivity contribution in [1.29, 1.82) is 0 Å². The number of benzene rings is 2. The highest BCUT2D eigenvalue weighted by molar-refractivity contribution is 9.10. The number of halogens is 2. The van der Waals surface area contributed by atoms with Crippen LogP contribution in [-0.2, 0) is 6.54 Å². The van der Waals surface area contributed by atoms with Crippen LogP contribution in [0.2, 0.25) is 0 Å². The summed E-state index contributed by atoms with van der Waals surface area (Å²) in [6.45, 7) is 0.367. The van der Waals surface area contributed by atoms with Gasteiger partial charge in [0.2, 0.25) is 0 Å². The molecule has 0 heterocycles. The summed E-state index contributed by atoms with van der Waals surface area (Å²) in [7, 11) is 0. The van der Waals surface area contributed by atoms with E-state index in [1.807, 2.05) is 24.3 Å². The van der Waals surface area contributed by atoms with E-state index in [1.165, 1.54) is 18.2 Å². The first-order chi connectivity index (χ1) is 8.16. The Bertz CT molecular complexity index is 531. The molecule has 0 aromatic heterocycles. The molecular formula is C13H11BrFNO. The van der Waals surface area contributed by atoms with Crippen molar-refractivity contribution in [1.82, 2.24) is 0 Å². The Morgan fingerprint density at radius 2 is 1.94 bits per heavy atom. The monoisotopic (exact) mass is 295 g/mol. The molecule has 0 radical (unpaired) electrons. The van der Waals surface area contributed by atoms with E-state index in [1.54, 1.807) is 0 Å². The van der Waals surface area contributed by atoms with Crippen LogP contribution in [0.1, 0.15) is 5.56 Å². The summed E-state index contributed by atoms with van der Waals surface area (Å²) in [5.74, 6) is -0.266. The van der Waals surface area contributed by atoms with Crippen molar-refractivity contribution in [3.63, 3.8) is 0 Å². The first-order valence-corrected chi connectivity index (χ1v) is 5.92. The van der Waals surface area contributed by atoms with Crippen molar-refractivity contribution >= 4 is 21.6 Å². The number of aromatic hydroxyl groups is 1. The molecule has 0 atom stereocenters. The van der Waals surface area contributed by atoms with Crippen molar-refractivity contribution in [3.05, 3.63) is 58.3 Å². The van der Waals surface area contributed by atoms with Gasteiger partial charge in [-0.3, -0.25) is 0 Å². The third kappa shape index (κ3) is 2.97. The second kappa shape index (κ2) is 5.19. The van der Waals surface area contributed by atoms with Gasteiger partial charge in [0.1, 0.15) is 11.6 Å². The number of hydrogen-bond acceptors (Lipinski definition) is 2. The molecule has 0 bridgehead atoms. The van der Waals surface area contributed by atoms with Crippen molar-refractivity contribution in [2.24, 2.45) is 0 Å². The Balaban J connectivity index is 2.12. The van der Waals surface area contributed by atoms with Crippen molar-refractivity contribution in [2.75, 3.05) is 5.32 Å². The lowest BCUT2D eigenvalue weighted by molar-refractivity contribution is 0.466. The molecule has 2 aromatic rings. The average Bonchev–Trinajstić information content (AvgIpc) is 2.32. The number of phenols is 1. The summed E-state index contributed by atoms with van der Waals surface area (Å²) in [4.78, 5) is 0. The molecule has 4 heteroatoms. The van der Waals surface area contributed by atoms with E-state index in [9.17, 15) is 9.50 Å². The van der Waals surface area contributed by atoms with Gasteiger partial charge >= 0.3 is 0 Å². The zero-order chi connectivity index (χ0) is 12.3. The number of phenolic OH excluding ortho intramolecular Hbond substituents is 1.